The summed E-state index contributed by atoms with van der Waals surface area (Å²) in [7, 11) is 1.85. The fourth-order valence-corrected chi connectivity index (χ4v) is 7.04. The zero-order valence-corrected chi connectivity index (χ0v) is 28.1. The van der Waals surface area contributed by atoms with Crippen LogP contribution >= 0.6 is 0 Å². The van der Waals surface area contributed by atoms with E-state index in [1.54, 1.807) is 33.9 Å². The molecule has 5 aromatic rings. The molecular weight excluding hydrogens is 617 g/mol. The van der Waals surface area contributed by atoms with E-state index in [4.69, 9.17) is 18.9 Å². The Morgan fingerprint density at radius 3 is 2.62 bits per heavy atom. The molecule has 48 heavy (non-hydrogen) atoms. The molecule has 1 N–H and O–H groups in total. The first-order chi connectivity index (χ1) is 22.9. The van der Waals surface area contributed by atoms with Crippen LogP contribution in [-0.2, 0) is 23.0 Å². The first-order valence-corrected chi connectivity index (χ1v) is 16.3. The Bertz CT molecular complexity index is 2000. The van der Waals surface area contributed by atoms with Crippen molar-refractivity contribution in [3.63, 3.8) is 0 Å². The molecule has 6 heterocycles. The van der Waals surface area contributed by atoms with E-state index in [2.05, 4.69) is 20.2 Å². The van der Waals surface area contributed by atoms with Gasteiger partial charge in [-0.15, -0.1) is 5.10 Å². The number of rotatable bonds is 7. The van der Waals surface area contributed by atoms with Gasteiger partial charge in [-0.05, 0) is 89.6 Å². The Morgan fingerprint density at radius 2 is 1.94 bits per heavy atom. The van der Waals surface area contributed by atoms with Crippen LogP contribution in [0.15, 0.2) is 35.0 Å². The van der Waals surface area contributed by atoms with Gasteiger partial charge in [-0.25, -0.2) is 14.2 Å². The van der Waals surface area contributed by atoms with Crippen molar-refractivity contribution < 1.29 is 28.2 Å². The lowest BCUT2D eigenvalue weighted by molar-refractivity contribution is -0.160. The van der Waals surface area contributed by atoms with Crippen molar-refractivity contribution in [1.29, 1.82) is 0 Å². The number of halogens is 1. The molecule has 0 radical (unpaired) electrons. The van der Waals surface area contributed by atoms with Crippen LogP contribution in [0.5, 0.6) is 5.75 Å². The number of carboxylic acid groups (broad SMARTS) is 1. The molecule has 2 aliphatic heterocycles. The van der Waals surface area contributed by atoms with Gasteiger partial charge >= 0.3 is 12.0 Å². The number of piperidine rings is 1. The molecule has 0 unspecified atom stereocenters. The highest BCUT2D eigenvalue weighted by molar-refractivity contribution is 6.01. The molecule has 0 bridgehead atoms. The summed E-state index contributed by atoms with van der Waals surface area (Å²) >= 11 is 0. The summed E-state index contributed by atoms with van der Waals surface area (Å²) < 4.78 is 37.8. The van der Waals surface area contributed by atoms with E-state index in [9.17, 15) is 9.90 Å². The van der Waals surface area contributed by atoms with E-state index in [1.807, 2.05) is 41.5 Å². The summed E-state index contributed by atoms with van der Waals surface area (Å²) in [6.45, 7) is 11.0. The Balaban J connectivity index is 1.36. The maximum Gasteiger partial charge on any atom is 0.337 e. The first-order valence-electron chi connectivity index (χ1n) is 16.3. The van der Waals surface area contributed by atoms with Crippen molar-refractivity contribution in [2.75, 3.05) is 24.6 Å². The molecule has 2 aliphatic rings. The number of benzene rings is 1. The number of aryl methyl sites for hydroxylation is 2. The third-order valence-corrected chi connectivity index (χ3v) is 9.33. The van der Waals surface area contributed by atoms with Gasteiger partial charge in [0.25, 0.3) is 5.89 Å². The minimum atomic E-state index is -1.37. The zero-order valence-electron chi connectivity index (χ0n) is 28.1. The number of ether oxygens (including phenoxy) is 2. The normalized spacial score (nSPS) is 16.3. The number of nitrogens with zero attached hydrogens (tertiary/aromatic N) is 7. The second-order valence-electron chi connectivity index (χ2n) is 13.6. The smallest absolute Gasteiger partial charge is 0.337 e. The molecule has 0 spiro atoms. The van der Waals surface area contributed by atoms with Crippen LogP contribution < -0.4 is 9.64 Å². The van der Waals surface area contributed by atoms with Crippen LogP contribution in [0.25, 0.3) is 33.7 Å². The van der Waals surface area contributed by atoms with E-state index in [-0.39, 0.29) is 5.75 Å². The third kappa shape index (κ3) is 5.59. The van der Waals surface area contributed by atoms with Gasteiger partial charge in [-0.2, -0.15) is 5.10 Å². The summed E-state index contributed by atoms with van der Waals surface area (Å²) in [6, 6.07) is 5.99. The molecular formula is C35H40FN7O5. The van der Waals surface area contributed by atoms with E-state index in [1.165, 1.54) is 6.07 Å². The molecule has 1 atom stereocenters. The highest BCUT2D eigenvalue weighted by Crippen LogP contribution is 2.45. The largest absolute Gasteiger partial charge is 0.490 e. The topological polar surface area (TPSA) is 134 Å². The highest BCUT2D eigenvalue weighted by Gasteiger charge is 2.35. The van der Waals surface area contributed by atoms with Crippen molar-refractivity contribution >= 4 is 23.0 Å². The fourth-order valence-electron chi connectivity index (χ4n) is 7.04. The number of fused-ring (bicyclic) bond motifs is 2. The lowest BCUT2D eigenvalue weighted by atomic mass is 9.86. The summed E-state index contributed by atoms with van der Waals surface area (Å²) in [4.78, 5) is 19.9. The molecule has 1 saturated heterocycles. The number of aliphatic carboxylic acids is 1. The van der Waals surface area contributed by atoms with E-state index in [0.29, 0.717) is 70.1 Å². The van der Waals surface area contributed by atoms with Gasteiger partial charge in [0.05, 0.1) is 18.2 Å². The molecule has 0 saturated carbocycles. The van der Waals surface area contributed by atoms with Crippen LogP contribution in [0, 0.1) is 19.7 Å². The van der Waals surface area contributed by atoms with Crippen molar-refractivity contribution in [2.45, 2.75) is 78.0 Å². The average Bonchev–Trinajstić information content (AvgIpc) is 3.83. The number of carboxylic acids is 1. The van der Waals surface area contributed by atoms with Crippen LogP contribution in [0.3, 0.4) is 0 Å². The van der Waals surface area contributed by atoms with Gasteiger partial charge < -0.3 is 28.5 Å². The fraction of sp³-hybridized carbons (Fsp3) is 0.457. The van der Waals surface area contributed by atoms with Crippen molar-refractivity contribution in [2.24, 2.45) is 7.05 Å². The van der Waals surface area contributed by atoms with Gasteiger partial charge in [0.15, 0.2) is 17.7 Å². The summed E-state index contributed by atoms with van der Waals surface area (Å²) in [5.74, 6) is -1.10. The second-order valence-corrected chi connectivity index (χ2v) is 13.6. The third-order valence-electron chi connectivity index (χ3n) is 9.33. The Kier molecular flexibility index (Phi) is 7.97. The Morgan fingerprint density at radius 1 is 1.17 bits per heavy atom. The predicted octanol–water partition coefficient (Wildman–Crippen LogP) is 6.35. The van der Waals surface area contributed by atoms with Gasteiger partial charge in [0.1, 0.15) is 11.3 Å². The Hall–Kier alpha value is -4.78. The molecule has 7 rings (SSSR count). The molecule has 1 aromatic carbocycles. The second kappa shape index (κ2) is 12.0. The van der Waals surface area contributed by atoms with Crippen molar-refractivity contribution in [1.82, 2.24) is 29.5 Å². The van der Waals surface area contributed by atoms with Gasteiger partial charge in [-0.1, -0.05) is 5.10 Å². The molecule has 13 heteroatoms. The number of hydrogen-bond donors (Lipinski definition) is 1. The highest BCUT2D eigenvalue weighted by atomic mass is 19.1. The molecule has 0 aliphatic carbocycles. The van der Waals surface area contributed by atoms with Gasteiger partial charge in [0.2, 0.25) is 0 Å². The number of hydrogen-bond acceptors (Lipinski definition) is 9. The molecule has 0 amide bonds. The van der Waals surface area contributed by atoms with E-state index in [0.717, 1.165) is 43.5 Å². The van der Waals surface area contributed by atoms with E-state index >= 15 is 4.39 Å². The lowest BCUT2D eigenvalue weighted by Crippen LogP contribution is -2.35. The molecule has 4 aromatic heterocycles. The lowest BCUT2D eigenvalue weighted by Gasteiger charge is -2.30. The van der Waals surface area contributed by atoms with Crippen LogP contribution in [0.1, 0.15) is 74.6 Å². The SMILES string of the molecule is Cc1nc2c(cc(-c3nnc(N4CCC(n5cccn5)CC4)o3)n2C)c(-c2cc(F)c3c(c2C)CCCO3)c1[C@H](OC(C)(C)C)C(=O)O. The van der Waals surface area contributed by atoms with Crippen LogP contribution in [0.2, 0.25) is 0 Å². The number of carbonyl (C=O) groups is 1. The minimum Gasteiger partial charge on any atom is -0.490 e. The predicted molar refractivity (Wildman–Crippen MR) is 177 cm³/mol. The summed E-state index contributed by atoms with van der Waals surface area (Å²) in [5.41, 5.74) is 3.91. The number of anilines is 1. The molecule has 1 fully saturated rings. The minimum absolute atomic E-state index is 0.257. The van der Waals surface area contributed by atoms with Crippen LogP contribution in [-0.4, -0.2) is 65.9 Å². The van der Waals surface area contributed by atoms with E-state index < -0.39 is 23.5 Å². The standard InChI is InChI=1S/C35H40FN7O5/c1-19-22-9-7-16-46-29(22)25(36)17-23(19)28-24-18-26(41(6)31(24)38-20(2)27(28)30(33(44)45)48-35(3,4)5)32-39-40-34(47-32)42-14-10-21(11-15-42)43-13-8-12-37-43/h8,12-13,17-18,21,30H,7,9-11,14-16H2,1-6H3,(H,44,45)/t30-/m0/s1. The Labute approximate surface area is 277 Å². The zero-order chi connectivity index (χ0) is 33.9. The number of pyridine rings is 1. The van der Waals surface area contributed by atoms with Crippen molar-refractivity contribution in [3.8, 4) is 28.5 Å². The maximum absolute atomic E-state index is 15.8. The molecule has 252 valence electrons. The quantitative estimate of drug-likeness (QED) is 0.211. The van der Waals surface area contributed by atoms with Crippen molar-refractivity contribution in [3.05, 3.63) is 58.8 Å². The van der Waals surface area contributed by atoms with Gasteiger partial charge in [-0.3, -0.25) is 4.68 Å². The number of aromatic nitrogens is 6. The first kappa shape index (κ1) is 31.8. The maximum atomic E-state index is 15.8. The molecule has 12 nitrogen and oxygen atoms in total. The summed E-state index contributed by atoms with van der Waals surface area (Å²) in [6.07, 6.45) is 5.62. The van der Waals surface area contributed by atoms with Gasteiger partial charge in [0, 0.05) is 60.3 Å². The monoisotopic (exact) mass is 657 g/mol. The van der Waals surface area contributed by atoms with Crippen LogP contribution in [0.4, 0.5) is 10.4 Å². The average molecular weight is 658 g/mol. The summed E-state index contributed by atoms with van der Waals surface area (Å²) in [5, 5.41) is 24.3.